The number of hydrogen-bond acceptors (Lipinski definition) is 1. The molecule has 0 saturated heterocycles. The van der Waals surface area contributed by atoms with Gasteiger partial charge in [0.2, 0.25) is 0 Å². The number of halogens is 3. The largest absolute Gasteiger partial charge is 0.356 e. The molecule has 0 aliphatic carbocycles. The first-order chi connectivity index (χ1) is 9.42. The standard InChI is InChI=1S/C15H23F2N3.HI/c1-10(2)11(3)20-15(18-4)19-6-5-12-7-13(16)9-14(17)8-12;/h7-11H,5-6H2,1-4H3,(H2,18,19,20);1H. The van der Waals surface area contributed by atoms with E-state index in [-0.39, 0.29) is 24.0 Å². The summed E-state index contributed by atoms with van der Waals surface area (Å²) in [6.07, 6.45) is 0.533. The van der Waals surface area contributed by atoms with Gasteiger partial charge in [0.25, 0.3) is 0 Å². The molecule has 0 aliphatic rings. The molecule has 0 saturated carbocycles. The molecule has 0 amide bonds. The van der Waals surface area contributed by atoms with Gasteiger partial charge in [0.05, 0.1) is 0 Å². The zero-order valence-electron chi connectivity index (χ0n) is 12.9. The first-order valence-electron chi connectivity index (χ1n) is 6.84. The molecule has 1 aromatic rings. The fourth-order valence-corrected chi connectivity index (χ4v) is 1.66. The van der Waals surface area contributed by atoms with Crippen molar-refractivity contribution < 1.29 is 8.78 Å². The van der Waals surface area contributed by atoms with Crippen LogP contribution >= 0.6 is 24.0 Å². The van der Waals surface area contributed by atoms with Crippen molar-refractivity contribution in [1.82, 2.24) is 10.6 Å². The van der Waals surface area contributed by atoms with E-state index in [2.05, 4.69) is 36.4 Å². The zero-order chi connectivity index (χ0) is 15.1. The molecule has 6 heteroatoms. The van der Waals surface area contributed by atoms with Gasteiger partial charge in [-0.15, -0.1) is 24.0 Å². The Balaban J connectivity index is 0.00000400. The van der Waals surface area contributed by atoms with Crippen LogP contribution in [0.25, 0.3) is 0 Å². The molecule has 120 valence electrons. The summed E-state index contributed by atoms with van der Waals surface area (Å²) in [6.45, 7) is 6.90. The van der Waals surface area contributed by atoms with Gasteiger partial charge >= 0.3 is 0 Å². The van der Waals surface area contributed by atoms with Crippen LogP contribution in [0.2, 0.25) is 0 Å². The van der Waals surface area contributed by atoms with Crippen LogP contribution in [-0.4, -0.2) is 25.6 Å². The number of nitrogens with one attached hydrogen (secondary N) is 2. The molecule has 0 fully saturated rings. The Kier molecular flexibility index (Phi) is 9.48. The van der Waals surface area contributed by atoms with E-state index in [1.807, 2.05) is 0 Å². The van der Waals surface area contributed by atoms with Crippen molar-refractivity contribution in [3.63, 3.8) is 0 Å². The predicted molar refractivity (Wildman–Crippen MR) is 94.3 cm³/mol. The van der Waals surface area contributed by atoms with Gasteiger partial charge in [-0.1, -0.05) is 13.8 Å². The van der Waals surface area contributed by atoms with Crippen LogP contribution in [0.4, 0.5) is 8.78 Å². The maximum atomic E-state index is 13.0. The second kappa shape index (κ2) is 9.92. The number of hydrogen-bond donors (Lipinski definition) is 2. The molecular formula is C15H24F2IN3. The Morgan fingerprint density at radius 3 is 2.19 bits per heavy atom. The highest BCUT2D eigenvalue weighted by Crippen LogP contribution is 2.08. The van der Waals surface area contributed by atoms with E-state index in [1.165, 1.54) is 12.1 Å². The summed E-state index contributed by atoms with van der Waals surface area (Å²) in [6, 6.07) is 3.87. The third-order valence-corrected chi connectivity index (χ3v) is 3.22. The van der Waals surface area contributed by atoms with E-state index in [1.54, 1.807) is 7.05 Å². The normalized spacial score (nSPS) is 12.8. The molecule has 0 heterocycles. The number of aliphatic imine (C=N–C) groups is 1. The topological polar surface area (TPSA) is 36.4 Å². The van der Waals surface area contributed by atoms with Crippen molar-refractivity contribution in [2.45, 2.75) is 33.2 Å². The monoisotopic (exact) mass is 411 g/mol. The van der Waals surface area contributed by atoms with Gasteiger partial charge in [-0.3, -0.25) is 4.99 Å². The van der Waals surface area contributed by atoms with Crippen LogP contribution in [0.3, 0.4) is 0 Å². The number of nitrogens with zero attached hydrogens (tertiary/aromatic N) is 1. The highest BCUT2D eigenvalue weighted by molar-refractivity contribution is 14.0. The van der Waals surface area contributed by atoms with E-state index < -0.39 is 11.6 Å². The molecule has 2 N–H and O–H groups in total. The third-order valence-electron chi connectivity index (χ3n) is 3.22. The minimum atomic E-state index is -0.545. The summed E-state index contributed by atoms with van der Waals surface area (Å²) >= 11 is 0. The third kappa shape index (κ3) is 7.59. The fourth-order valence-electron chi connectivity index (χ4n) is 1.66. The Labute approximate surface area is 142 Å². The summed E-state index contributed by atoms with van der Waals surface area (Å²) in [5.74, 6) is 0.0980. The van der Waals surface area contributed by atoms with Crippen LogP contribution in [-0.2, 0) is 6.42 Å². The van der Waals surface area contributed by atoms with Crippen LogP contribution in [0.5, 0.6) is 0 Å². The summed E-state index contributed by atoms with van der Waals surface area (Å²) < 4.78 is 26.1. The van der Waals surface area contributed by atoms with Gasteiger partial charge in [0.1, 0.15) is 11.6 Å². The molecule has 1 aromatic carbocycles. The Hall–Kier alpha value is -0.920. The van der Waals surface area contributed by atoms with Crippen LogP contribution in [0.15, 0.2) is 23.2 Å². The molecule has 1 atom stereocenters. The van der Waals surface area contributed by atoms with Crippen molar-refractivity contribution in [3.8, 4) is 0 Å². The summed E-state index contributed by atoms with van der Waals surface area (Å²) in [7, 11) is 1.70. The minimum Gasteiger partial charge on any atom is -0.356 e. The van der Waals surface area contributed by atoms with Crippen molar-refractivity contribution in [3.05, 3.63) is 35.4 Å². The molecule has 0 bridgehead atoms. The maximum Gasteiger partial charge on any atom is 0.191 e. The van der Waals surface area contributed by atoms with Gasteiger partial charge in [-0.05, 0) is 37.0 Å². The number of guanidine groups is 1. The Morgan fingerprint density at radius 2 is 1.71 bits per heavy atom. The lowest BCUT2D eigenvalue weighted by Crippen LogP contribution is -2.44. The van der Waals surface area contributed by atoms with E-state index >= 15 is 0 Å². The van der Waals surface area contributed by atoms with Crippen LogP contribution in [0.1, 0.15) is 26.3 Å². The Bertz CT molecular complexity index is 444. The van der Waals surface area contributed by atoms with Gasteiger partial charge in [0, 0.05) is 25.7 Å². The minimum absolute atomic E-state index is 0. The summed E-state index contributed by atoms with van der Waals surface area (Å²) in [5.41, 5.74) is 0.627. The highest BCUT2D eigenvalue weighted by atomic mass is 127. The molecule has 1 unspecified atom stereocenters. The molecular weight excluding hydrogens is 387 g/mol. The van der Waals surface area contributed by atoms with E-state index in [9.17, 15) is 8.78 Å². The molecule has 0 aliphatic heterocycles. The SMILES string of the molecule is CN=C(NCCc1cc(F)cc(F)c1)NC(C)C(C)C.I. The number of rotatable bonds is 5. The molecule has 0 radical (unpaired) electrons. The molecule has 1 rings (SSSR count). The predicted octanol–water partition coefficient (Wildman–Crippen LogP) is 3.33. The molecule has 21 heavy (non-hydrogen) atoms. The van der Waals surface area contributed by atoms with Crippen molar-refractivity contribution in [2.75, 3.05) is 13.6 Å². The lowest BCUT2D eigenvalue weighted by molar-refractivity contribution is 0.481. The van der Waals surface area contributed by atoms with Crippen LogP contribution in [0, 0.1) is 17.6 Å². The van der Waals surface area contributed by atoms with Crippen LogP contribution < -0.4 is 10.6 Å². The average Bonchev–Trinajstić information content (AvgIpc) is 2.36. The average molecular weight is 411 g/mol. The summed E-state index contributed by atoms with van der Waals surface area (Å²) in [4.78, 5) is 4.12. The highest BCUT2D eigenvalue weighted by Gasteiger charge is 2.08. The maximum absolute atomic E-state index is 13.0. The Morgan fingerprint density at radius 1 is 1.14 bits per heavy atom. The fraction of sp³-hybridized carbons (Fsp3) is 0.533. The van der Waals surface area contributed by atoms with Gasteiger partial charge in [-0.25, -0.2) is 8.78 Å². The van der Waals surface area contributed by atoms with Crippen molar-refractivity contribution in [1.29, 1.82) is 0 Å². The van der Waals surface area contributed by atoms with Gasteiger partial charge < -0.3 is 10.6 Å². The summed E-state index contributed by atoms with van der Waals surface area (Å²) in [5, 5.41) is 6.40. The first-order valence-corrected chi connectivity index (χ1v) is 6.84. The van der Waals surface area contributed by atoms with Gasteiger partial charge in [0.15, 0.2) is 5.96 Å². The first kappa shape index (κ1) is 20.1. The molecule has 0 aromatic heterocycles. The lowest BCUT2D eigenvalue weighted by Gasteiger charge is -2.20. The van der Waals surface area contributed by atoms with E-state index in [0.717, 1.165) is 6.07 Å². The smallest absolute Gasteiger partial charge is 0.191 e. The van der Waals surface area contributed by atoms with E-state index in [4.69, 9.17) is 0 Å². The second-order valence-electron chi connectivity index (χ2n) is 5.20. The lowest BCUT2D eigenvalue weighted by atomic mass is 10.1. The van der Waals surface area contributed by atoms with Crippen molar-refractivity contribution >= 4 is 29.9 Å². The zero-order valence-corrected chi connectivity index (χ0v) is 15.2. The van der Waals surface area contributed by atoms with E-state index in [0.29, 0.717) is 36.4 Å². The van der Waals surface area contributed by atoms with Crippen molar-refractivity contribution in [2.24, 2.45) is 10.9 Å². The molecule has 0 spiro atoms. The molecule has 3 nitrogen and oxygen atoms in total. The second-order valence-corrected chi connectivity index (χ2v) is 5.20. The van der Waals surface area contributed by atoms with Gasteiger partial charge in [-0.2, -0.15) is 0 Å². The number of benzene rings is 1. The quantitative estimate of drug-likeness (QED) is 0.443.